The highest BCUT2D eigenvalue weighted by Gasteiger charge is 2.26. The van der Waals surface area contributed by atoms with Crippen LogP contribution in [0.3, 0.4) is 0 Å². The summed E-state index contributed by atoms with van der Waals surface area (Å²) in [6.07, 6.45) is 2.06. The fourth-order valence-electron chi connectivity index (χ4n) is 5.05. The number of Topliss-reactive ketones (excluding diaryl/α,β-unsaturated/α-hetero) is 1. The predicted octanol–water partition coefficient (Wildman–Crippen LogP) is 7.42. The third-order valence-corrected chi connectivity index (χ3v) is 6.97. The fourth-order valence-corrected chi connectivity index (χ4v) is 5.05. The molecule has 0 N–H and O–H groups in total. The summed E-state index contributed by atoms with van der Waals surface area (Å²) in [7, 11) is 0. The van der Waals surface area contributed by atoms with Crippen LogP contribution < -0.4 is 4.57 Å². The first-order valence-corrected chi connectivity index (χ1v) is 12.5. The number of aryl methyl sites for hydroxylation is 1. The molecule has 0 saturated carbocycles. The van der Waals surface area contributed by atoms with Gasteiger partial charge in [0.25, 0.3) is 5.65 Å². The topological polar surface area (TPSA) is 25.4 Å². The first kappa shape index (κ1) is 22.7. The number of carbonyl (C=O) groups is 1. The van der Waals surface area contributed by atoms with Gasteiger partial charge < -0.3 is 0 Å². The summed E-state index contributed by atoms with van der Waals surface area (Å²) >= 11 is 0. The Balaban J connectivity index is 1.36. The number of ketones is 1. The van der Waals surface area contributed by atoms with Gasteiger partial charge in [-0.3, -0.25) is 4.79 Å². The van der Waals surface area contributed by atoms with E-state index in [1.54, 1.807) is 0 Å². The van der Waals surface area contributed by atoms with E-state index in [9.17, 15) is 4.79 Å². The average molecular weight is 480 g/mol. The number of aromatic nitrogens is 2. The van der Waals surface area contributed by atoms with Gasteiger partial charge >= 0.3 is 0 Å². The molecule has 0 aliphatic heterocycles. The number of nitrogens with zero attached hydrogens (tertiary/aromatic N) is 2. The molecule has 2 aromatic heterocycles. The summed E-state index contributed by atoms with van der Waals surface area (Å²) in [6, 6.07) is 43.3. The smallest absolute Gasteiger partial charge is 0.287 e. The zero-order valence-corrected chi connectivity index (χ0v) is 20.7. The third kappa shape index (κ3) is 4.36. The SMILES string of the molecule is Cc1c(-c2ccc(-c3ccccc3)cc2)[n+](CC(=O)c2ccc(-c3ccccc3)cc2)c2ccccn12. The molecule has 0 atom stereocenters. The summed E-state index contributed by atoms with van der Waals surface area (Å²) in [5.41, 5.74) is 9.58. The van der Waals surface area contributed by atoms with Crippen molar-refractivity contribution >= 4 is 11.4 Å². The van der Waals surface area contributed by atoms with Crippen molar-refractivity contribution in [1.82, 2.24) is 4.40 Å². The van der Waals surface area contributed by atoms with E-state index in [4.69, 9.17) is 0 Å². The van der Waals surface area contributed by atoms with Gasteiger partial charge in [0.05, 0.1) is 6.20 Å². The van der Waals surface area contributed by atoms with Crippen LogP contribution >= 0.6 is 0 Å². The van der Waals surface area contributed by atoms with E-state index in [2.05, 4.69) is 88.8 Å². The van der Waals surface area contributed by atoms with Gasteiger partial charge in [0, 0.05) is 24.1 Å². The van der Waals surface area contributed by atoms with E-state index in [1.165, 1.54) is 11.1 Å². The Labute approximate surface area is 216 Å². The van der Waals surface area contributed by atoms with Crippen molar-refractivity contribution in [3.63, 3.8) is 0 Å². The van der Waals surface area contributed by atoms with E-state index >= 15 is 0 Å². The van der Waals surface area contributed by atoms with Crippen LogP contribution in [0.15, 0.2) is 134 Å². The molecule has 0 unspecified atom stereocenters. The van der Waals surface area contributed by atoms with Crippen LogP contribution in [0.1, 0.15) is 16.1 Å². The van der Waals surface area contributed by atoms with Crippen LogP contribution in [0.25, 0.3) is 39.2 Å². The maximum absolute atomic E-state index is 13.5. The van der Waals surface area contributed by atoms with Crippen molar-refractivity contribution < 1.29 is 9.36 Å². The summed E-state index contributed by atoms with van der Waals surface area (Å²) < 4.78 is 4.30. The van der Waals surface area contributed by atoms with Gasteiger partial charge in [-0.05, 0) is 40.5 Å². The molecule has 6 aromatic rings. The molecule has 4 aromatic carbocycles. The summed E-state index contributed by atoms with van der Waals surface area (Å²) in [5.74, 6) is 0.0862. The Kier molecular flexibility index (Phi) is 5.95. The minimum Gasteiger partial charge on any atom is -0.290 e. The van der Waals surface area contributed by atoms with Gasteiger partial charge in [-0.2, -0.15) is 4.40 Å². The highest BCUT2D eigenvalue weighted by atomic mass is 16.1. The average Bonchev–Trinajstić information content (AvgIpc) is 3.25. The molecule has 0 amide bonds. The second-order valence-corrected chi connectivity index (χ2v) is 9.26. The third-order valence-electron chi connectivity index (χ3n) is 6.97. The van der Waals surface area contributed by atoms with Crippen molar-refractivity contribution in [2.45, 2.75) is 13.5 Å². The minimum absolute atomic E-state index is 0.0862. The van der Waals surface area contributed by atoms with Gasteiger partial charge in [0.1, 0.15) is 0 Å². The summed E-state index contributed by atoms with van der Waals surface area (Å²) in [6.45, 7) is 2.38. The van der Waals surface area contributed by atoms with Crippen LogP contribution in [-0.4, -0.2) is 10.2 Å². The van der Waals surface area contributed by atoms with Crippen molar-refractivity contribution in [2.75, 3.05) is 0 Å². The highest BCUT2D eigenvalue weighted by Crippen LogP contribution is 2.27. The zero-order chi connectivity index (χ0) is 25.2. The predicted molar refractivity (Wildman–Crippen MR) is 149 cm³/mol. The van der Waals surface area contributed by atoms with Crippen molar-refractivity contribution in [3.05, 3.63) is 145 Å². The maximum atomic E-state index is 13.5. The minimum atomic E-state index is 0.0862. The number of hydrogen-bond acceptors (Lipinski definition) is 1. The van der Waals surface area contributed by atoms with Gasteiger partial charge in [-0.25, -0.2) is 4.57 Å². The molecular weight excluding hydrogens is 452 g/mol. The molecule has 0 spiro atoms. The van der Waals surface area contributed by atoms with E-state index in [1.807, 2.05) is 60.7 Å². The van der Waals surface area contributed by atoms with Gasteiger partial charge in [-0.15, -0.1) is 0 Å². The fraction of sp³-hybridized carbons (Fsp3) is 0.0588. The number of carbonyl (C=O) groups excluding carboxylic acids is 1. The Morgan fingerprint density at radius 2 is 1.08 bits per heavy atom. The monoisotopic (exact) mass is 479 g/mol. The quantitative estimate of drug-likeness (QED) is 0.180. The zero-order valence-electron chi connectivity index (χ0n) is 20.7. The molecule has 37 heavy (non-hydrogen) atoms. The molecule has 2 heterocycles. The Morgan fingerprint density at radius 3 is 1.68 bits per heavy atom. The lowest BCUT2D eigenvalue weighted by atomic mass is 10.0. The van der Waals surface area contributed by atoms with Crippen LogP contribution in [0.5, 0.6) is 0 Å². The molecule has 0 bridgehead atoms. The first-order valence-electron chi connectivity index (χ1n) is 12.5. The van der Waals surface area contributed by atoms with E-state index in [0.717, 1.165) is 33.7 Å². The molecule has 6 rings (SSSR count). The number of hydrogen-bond donors (Lipinski definition) is 0. The molecule has 3 nitrogen and oxygen atoms in total. The molecule has 3 heteroatoms. The van der Waals surface area contributed by atoms with Crippen LogP contribution in [0, 0.1) is 6.92 Å². The summed E-state index contributed by atoms with van der Waals surface area (Å²) in [5, 5.41) is 0. The largest absolute Gasteiger partial charge is 0.290 e. The van der Waals surface area contributed by atoms with Crippen LogP contribution in [-0.2, 0) is 6.54 Å². The van der Waals surface area contributed by atoms with E-state index in [0.29, 0.717) is 5.56 Å². The normalized spacial score (nSPS) is 11.1. The lowest BCUT2D eigenvalue weighted by Gasteiger charge is -2.07. The molecule has 178 valence electrons. The molecule has 0 saturated heterocycles. The number of fused-ring (bicyclic) bond motifs is 1. The molecule has 0 radical (unpaired) electrons. The number of imidazole rings is 1. The Morgan fingerprint density at radius 1 is 0.595 bits per heavy atom. The lowest BCUT2D eigenvalue weighted by molar-refractivity contribution is -0.645. The summed E-state index contributed by atoms with van der Waals surface area (Å²) in [4.78, 5) is 13.5. The highest BCUT2D eigenvalue weighted by molar-refractivity contribution is 5.95. The standard InChI is InChI=1S/C34H27N2O/c1-25-34(31-21-17-29(18-22-31)27-12-6-3-7-13-27)36(33-14-8-9-23-35(25)33)24-32(37)30-19-15-28(16-20-30)26-10-4-2-5-11-26/h2-23H,24H2,1H3/q+1. The van der Waals surface area contributed by atoms with E-state index < -0.39 is 0 Å². The molecule has 0 fully saturated rings. The second-order valence-electron chi connectivity index (χ2n) is 9.26. The van der Waals surface area contributed by atoms with Crippen molar-refractivity contribution in [1.29, 1.82) is 0 Å². The van der Waals surface area contributed by atoms with Gasteiger partial charge in [0.2, 0.25) is 5.78 Å². The van der Waals surface area contributed by atoms with Crippen LogP contribution in [0.2, 0.25) is 0 Å². The first-order chi connectivity index (χ1) is 18.2. The Hall–Kier alpha value is -4.76. The van der Waals surface area contributed by atoms with Crippen LogP contribution in [0.4, 0.5) is 0 Å². The van der Waals surface area contributed by atoms with E-state index in [-0.39, 0.29) is 12.3 Å². The maximum Gasteiger partial charge on any atom is 0.287 e. The second kappa shape index (κ2) is 9.71. The number of benzene rings is 4. The van der Waals surface area contributed by atoms with Gasteiger partial charge in [0.15, 0.2) is 17.9 Å². The van der Waals surface area contributed by atoms with Crippen molar-refractivity contribution in [3.8, 4) is 33.5 Å². The number of rotatable bonds is 6. The van der Waals surface area contributed by atoms with Crippen molar-refractivity contribution in [2.24, 2.45) is 0 Å². The molecule has 0 aliphatic carbocycles. The molecular formula is C34H27N2O+. The lowest BCUT2D eigenvalue weighted by Crippen LogP contribution is -2.39. The Bertz CT molecular complexity index is 1680. The molecule has 0 aliphatic rings. The number of pyridine rings is 1. The van der Waals surface area contributed by atoms with Gasteiger partial charge in [-0.1, -0.05) is 103 Å².